The van der Waals surface area contributed by atoms with Gasteiger partial charge in [-0.25, -0.2) is 4.98 Å². The Bertz CT molecular complexity index is 1090. The van der Waals surface area contributed by atoms with Gasteiger partial charge in [-0.1, -0.05) is 6.07 Å². The van der Waals surface area contributed by atoms with Crippen molar-refractivity contribution in [2.45, 2.75) is 19.5 Å². The molecule has 0 bridgehead atoms. The summed E-state index contributed by atoms with van der Waals surface area (Å²) in [7, 11) is 0. The van der Waals surface area contributed by atoms with Gasteiger partial charge >= 0.3 is 0 Å². The Labute approximate surface area is 160 Å². The number of nitrogens with two attached hydrogens (primary N) is 1. The molecule has 0 radical (unpaired) electrons. The van der Waals surface area contributed by atoms with Crippen molar-refractivity contribution in [2.24, 2.45) is 0 Å². The first-order valence-electron chi connectivity index (χ1n) is 8.85. The molecule has 0 atom stereocenters. The van der Waals surface area contributed by atoms with Crippen molar-refractivity contribution in [3.8, 4) is 28.6 Å². The summed E-state index contributed by atoms with van der Waals surface area (Å²) < 4.78 is 0. The summed E-state index contributed by atoms with van der Waals surface area (Å²) in [4.78, 5) is 22.0. The third-order valence-electron chi connectivity index (χ3n) is 4.94. The van der Waals surface area contributed by atoms with Gasteiger partial charge in [0.25, 0.3) is 5.56 Å². The third-order valence-corrected chi connectivity index (χ3v) is 4.94. The van der Waals surface area contributed by atoms with E-state index in [1.54, 1.807) is 18.2 Å². The molecule has 6 N–H and O–H groups in total. The molecule has 0 amide bonds. The summed E-state index contributed by atoms with van der Waals surface area (Å²) in [5.74, 6) is -0.751. The third kappa shape index (κ3) is 3.25. The molecule has 0 unspecified atom stereocenters. The molecule has 0 fully saturated rings. The smallest absolute Gasteiger partial charge is 0.255 e. The number of nitrogens with one attached hydrogen (secondary N) is 1. The standard InChI is InChI=1S/C20H20N4O4/c21-13-4-1-11(2-5-13)19-22-15-7-8-24(10-14(15)20(28)23-19)9-12-3-6-16(25)18(27)17(12)26/h1-6,25-27H,7-10,21H2,(H,22,23,28). The second-order valence-electron chi connectivity index (χ2n) is 6.86. The molecular weight excluding hydrogens is 360 g/mol. The number of anilines is 1. The minimum atomic E-state index is -0.539. The van der Waals surface area contributed by atoms with Crippen LogP contribution in [0, 0.1) is 0 Å². The van der Waals surface area contributed by atoms with Gasteiger partial charge in [-0.2, -0.15) is 0 Å². The monoisotopic (exact) mass is 380 g/mol. The summed E-state index contributed by atoms with van der Waals surface area (Å²) in [6.07, 6.45) is 0.589. The van der Waals surface area contributed by atoms with E-state index in [1.807, 2.05) is 17.0 Å². The van der Waals surface area contributed by atoms with Crippen LogP contribution in [-0.2, 0) is 19.5 Å². The zero-order valence-corrected chi connectivity index (χ0v) is 15.0. The molecule has 1 aliphatic heterocycles. The molecule has 28 heavy (non-hydrogen) atoms. The summed E-state index contributed by atoms with van der Waals surface area (Å²) in [5.41, 5.74) is 8.77. The van der Waals surface area contributed by atoms with Crippen molar-refractivity contribution < 1.29 is 15.3 Å². The number of nitrogen functional groups attached to an aromatic ring is 1. The molecule has 8 nitrogen and oxygen atoms in total. The van der Waals surface area contributed by atoms with Gasteiger partial charge in [0, 0.05) is 42.9 Å². The van der Waals surface area contributed by atoms with Crippen LogP contribution in [0.1, 0.15) is 16.8 Å². The van der Waals surface area contributed by atoms with Gasteiger partial charge in [-0.05, 0) is 30.3 Å². The van der Waals surface area contributed by atoms with E-state index in [2.05, 4.69) is 9.97 Å². The highest BCUT2D eigenvalue weighted by molar-refractivity contribution is 5.59. The molecular formula is C20H20N4O4. The number of phenolic OH excluding ortho intramolecular Hbond substituents is 3. The lowest BCUT2D eigenvalue weighted by Gasteiger charge is -2.28. The van der Waals surface area contributed by atoms with Crippen molar-refractivity contribution in [3.05, 3.63) is 63.6 Å². The fourth-order valence-corrected chi connectivity index (χ4v) is 3.37. The van der Waals surface area contributed by atoms with E-state index in [0.717, 1.165) is 11.3 Å². The molecule has 0 spiro atoms. The quantitative estimate of drug-likeness (QED) is 0.345. The summed E-state index contributed by atoms with van der Waals surface area (Å²) >= 11 is 0. The fraction of sp³-hybridized carbons (Fsp3) is 0.200. The molecule has 144 valence electrons. The lowest BCUT2D eigenvalue weighted by molar-refractivity contribution is 0.237. The predicted octanol–water partition coefficient (Wildman–Crippen LogP) is 1.69. The molecule has 1 aliphatic rings. The molecule has 2 heterocycles. The van der Waals surface area contributed by atoms with E-state index in [1.165, 1.54) is 6.07 Å². The van der Waals surface area contributed by atoms with E-state index in [0.29, 0.717) is 48.7 Å². The van der Waals surface area contributed by atoms with Crippen molar-refractivity contribution in [1.29, 1.82) is 0 Å². The maximum absolute atomic E-state index is 12.6. The lowest BCUT2D eigenvalue weighted by atomic mass is 10.0. The second-order valence-corrected chi connectivity index (χ2v) is 6.86. The van der Waals surface area contributed by atoms with Gasteiger partial charge in [-0.15, -0.1) is 0 Å². The van der Waals surface area contributed by atoms with E-state index in [4.69, 9.17) is 5.73 Å². The first-order valence-corrected chi connectivity index (χ1v) is 8.85. The van der Waals surface area contributed by atoms with Crippen LogP contribution in [0.25, 0.3) is 11.4 Å². The number of rotatable bonds is 3. The van der Waals surface area contributed by atoms with Gasteiger partial charge in [0.2, 0.25) is 5.75 Å². The van der Waals surface area contributed by atoms with Gasteiger partial charge in [0.05, 0.1) is 11.3 Å². The number of hydrogen-bond acceptors (Lipinski definition) is 7. The Hall–Kier alpha value is -3.52. The van der Waals surface area contributed by atoms with Crippen LogP contribution in [0.3, 0.4) is 0 Å². The number of H-pyrrole nitrogens is 1. The molecule has 0 saturated heterocycles. The van der Waals surface area contributed by atoms with Crippen LogP contribution in [0.5, 0.6) is 17.2 Å². The van der Waals surface area contributed by atoms with Crippen molar-refractivity contribution in [3.63, 3.8) is 0 Å². The second kappa shape index (κ2) is 6.90. The minimum Gasteiger partial charge on any atom is -0.504 e. The number of benzene rings is 2. The highest BCUT2D eigenvalue weighted by Crippen LogP contribution is 2.37. The fourth-order valence-electron chi connectivity index (χ4n) is 3.37. The Morgan fingerprint density at radius 2 is 1.82 bits per heavy atom. The molecule has 3 aromatic rings. The number of aromatic hydroxyl groups is 3. The Morgan fingerprint density at radius 1 is 1.07 bits per heavy atom. The number of aromatic amines is 1. The van der Waals surface area contributed by atoms with Crippen molar-refractivity contribution >= 4 is 5.69 Å². The lowest BCUT2D eigenvalue weighted by Crippen LogP contribution is -2.35. The van der Waals surface area contributed by atoms with Crippen LogP contribution >= 0.6 is 0 Å². The molecule has 0 saturated carbocycles. The number of fused-ring (bicyclic) bond motifs is 1. The van der Waals surface area contributed by atoms with Crippen LogP contribution < -0.4 is 11.3 Å². The van der Waals surface area contributed by atoms with Crippen LogP contribution in [0.15, 0.2) is 41.2 Å². The van der Waals surface area contributed by atoms with E-state index in [-0.39, 0.29) is 17.1 Å². The topological polar surface area (TPSA) is 136 Å². The average molecular weight is 380 g/mol. The van der Waals surface area contributed by atoms with Gasteiger partial charge in [-0.3, -0.25) is 9.69 Å². The van der Waals surface area contributed by atoms with Gasteiger partial charge in [0.15, 0.2) is 11.5 Å². The van der Waals surface area contributed by atoms with Crippen LogP contribution in [0.4, 0.5) is 5.69 Å². The van der Waals surface area contributed by atoms with Crippen LogP contribution in [-0.4, -0.2) is 36.7 Å². The summed E-state index contributed by atoms with van der Waals surface area (Å²) in [6.45, 7) is 1.35. The molecule has 4 rings (SSSR count). The Balaban J connectivity index is 1.58. The first-order chi connectivity index (χ1) is 13.4. The number of nitrogens with zero attached hydrogens (tertiary/aromatic N) is 2. The number of aromatic nitrogens is 2. The average Bonchev–Trinajstić information content (AvgIpc) is 2.69. The van der Waals surface area contributed by atoms with Gasteiger partial charge < -0.3 is 26.0 Å². The maximum Gasteiger partial charge on any atom is 0.255 e. The highest BCUT2D eigenvalue weighted by atomic mass is 16.3. The van der Waals surface area contributed by atoms with Crippen molar-refractivity contribution in [1.82, 2.24) is 14.9 Å². The molecule has 1 aromatic heterocycles. The molecule has 2 aromatic carbocycles. The minimum absolute atomic E-state index is 0.195. The Morgan fingerprint density at radius 3 is 2.57 bits per heavy atom. The largest absolute Gasteiger partial charge is 0.504 e. The normalized spacial score (nSPS) is 14.0. The highest BCUT2D eigenvalue weighted by Gasteiger charge is 2.23. The van der Waals surface area contributed by atoms with Gasteiger partial charge in [0.1, 0.15) is 5.82 Å². The van der Waals surface area contributed by atoms with E-state index < -0.39 is 5.75 Å². The Kier molecular flexibility index (Phi) is 4.40. The summed E-state index contributed by atoms with van der Waals surface area (Å²) in [6, 6.07) is 10.0. The molecule has 0 aliphatic carbocycles. The maximum atomic E-state index is 12.6. The zero-order chi connectivity index (χ0) is 19.8. The zero-order valence-electron chi connectivity index (χ0n) is 15.0. The number of hydrogen-bond donors (Lipinski definition) is 5. The SMILES string of the molecule is Nc1ccc(-c2nc3c(c(=O)[nH]2)CN(Cc2ccc(O)c(O)c2O)CC3)cc1. The van der Waals surface area contributed by atoms with E-state index in [9.17, 15) is 20.1 Å². The predicted molar refractivity (Wildman–Crippen MR) is 104 cm³/mol. The number of phenols is 3. The molecule has 8 heteroatoms. The van der Waals surface area contributed by atoms with Crippen molar-refractivity contribution in [2.75, 3.05) is 12.3 Å². The summed E-state index contributed by atoms with van der Waals surface area (Å²) in [5, 5.41) is 29.1. The first kappa shape index (κ1) is 17.9. The van der Waals surface area contributed by atoms with Crippen LogP contribution in [0.2, 0.25) is 0 Å². The van der Waals surface area contributed by atoms with E-state index >= 15 is 0 Å².